The number of benzene rings is 1. The monoisotopic (exact) mass is 396 g/mol. The molecule has 0 spiro atoms. The Morgan fingerprint density at radius 1 is 1.03 bits per heavy atom. The second-order valence-electron chi connectivity index (χ2n) is 7.61. The summed E-state index contributed by atoms with van der Waals surface area (Å²) in [6, 6.07) is 14.0. The van der Waals surface area contributed by atoms with Crippen molar-refractivity contribution in [2.45, 2.75) is 39.5 Å². The number of unbranched alkanes of at least 4 members (excludes halogenated alkanes) is 1. The molecule has 1 aromatic heterocycles. The average molecular weight is 397 g/mol. The first-order chi connectivity index (χ1) is 14.2. The molecule has 0 radical (unpaired) electrons. The molecule has 1 amide bonds. The van der Waals surface area contributed by atoms with Crippen molar-refractivity contribution in [3.05, 3.63) is 42.5 Å². The lowest BCUT2D eigenvalue weighted by atomic mass is 10.0. The predicted molar refractivity (Wildman–Crippen MR) is 116 cm³/mol. The Morgan fingerprint density at radius 2 is 1.79 bits per heavy atom. The lowest BCUT2D eigenvalue weighted by Crippen LogP contribution is -2.49. The second-order valence-corrected chi connectivity index (χ2v) is 7.61. The first-order valence-corrected chi connectivity index (χ1v) is 10.8. The molecule has 6 nitrogen and oxygen atoms in total. The zero-order chi connectivity index (χ0) is 20.5. The van der Waals surface area contributed by atoms with Crippen molar-refractivity contribution in [2.24, 2.45) is 5.92 Å². The van der Waals surface area contributed by atoms with Crippen LogP contribution < -0.4 is 4.90 Å². The number of amides is 1. The van der Waals surface area contributed by atoms with E-state index in [1.807, 2.05) is 42.5 Å². The average Bonchev–Trinajstić information content (AvgIpc) is 2.80. The van der Waals surface area contributed by atoms with E-state index < -0.39 is 0 Å². The Balaban J connectivity index is 1.47. The topological polar surface area (TPSA) is 58.6 Å². The number of anilines is 1. The van der Waals surface area contributed by atoms with Gasteiger partial charge >= 0.3 is 6.09 Å². The summed E-state index contributed by atoms with van der Waals surface area (Å²) >= 11 is 0. The highest BCUT2D eigenvalue weighted by Gasteiger charge is 2.23. The van der Waals surface area contributed by atoms with E-state index in [1.165, 1.54) is 12.8 Å². The van der Waals surface area contributed by atoms with Gasteiger partial charge in [0.15, 0.2) is 5.82 Å². The van der Waals surface area contributed by atoms with E-state index in [0.717, 1.165) is 43.0 Å². The molecule has 1 atom stereocenters. The van der Waals surface area contributed by atoms with Gasteiger partial charge in [0.05, 0.1) is 12.3 Å². The van der Waals surface area contributed by atoms with Crippen molar-refractivity contribution in [3.8, 4) is 11.3 Å². The van der Waals surface area contributed by atoms with E-state index >= 15 is 0 Å². The van der Waals surface area contributed by atoms with E-state index in [0.29, 0.717) is 25.6 Å². The van der Waals surface area contributed by atoms with Gasteiger partial charge in [-0.15, -0.1) is 10.2 Å². The minimum Gasteiger partial charge on any atom is -0.449 e. The van der Waals surface area contributed by atoms with Gasteiger partial charge in [0.25, 0.3) is 0 Å². The normalized spacial score (nSPS) is 15.2. The van der Waals surface area contributed by atoms with Gasteiger partial charge in [-0.2, -0.15) is 0 Å². The maximum Gasteiger partial charge on any atom is 0.409 e. The molecule has 2 aromatic rings. The van der Waals surface area contributed by atoms with E-state index in [4.69, 9.17) is 4.74 Å². The largest absolute Gasteiger partial charge is 0.449 e. The van der Waals surface area contributed by atoms with Crippen LogP contribution in [0, 0.1) is 5.92 Å². The van der Waals surface area contributed by atoms with Gasteiger partial charge in [-0.1, -0.05) is 63.4 Å². The van der Waals surface area contributed by atoms with E-state index in [-0.39, 0.29) is 6.09 Å². The number of nitrogens with zero attached hydrogens (tertiary/aromatic N) is 4. The molecule has 156 valence electrons. The fourth-order valence-electron chi connectivity index (χ4n) is 3.55. The molecule has 1 saturated heterocycles. The Bertz CT molecular complexity index is 743. The summed E-state index contributed by atoms with van der Waals surface area (Å²) in [5.41, 5.74) is 1.92. The highest BCUT2D eigenvalue weighted by atomic mass is 16.6. The smallest absolute Gasteiger partial charge is 0.409 e. The van der Waals surface area contributed by atoms with Crippen molar-refractivity contribution in [3.63, 3.8) is 0 Å². The van der Waals surface area contributed by atoms with Gasteiger partial charge in [0.2, 0.25) is 0 Å². The van der Waals surface area contributed by atoms with Crippen LogP contribution >= 0.6 is 0 Å². The number of hydrogen-bond acceptors (Lipinski definition) is 5. The van der Waals surface area contributed by atoms with Crippen LogP contribution in [0.15, 0.2) is 42.5 Å². The van der Waals surface area contributed by atoms with Crippen molar-refractivity contribution in [2.75, 3.05) is 37.7 Å². The minimum absolute atomic E-state index is 0.190. The fourth-order valence-corrected chi connectivity index (χ4v) is 3.55. The maximum atomic E-state index is 12.4. The third kappa shape index (κ3) is 5.92. The second kappa shape index (κ2) is 10.8. The Morgan fingerprint density at radius 3 is 2.41 bits per heavy atom. The van der Waals surface area contributed by atoms with Crippen LogP contribution in [0.1, 0.15) is 39.5 Å². The molecule has 1 unspecified atom stereocenters. The van der Waals surface area contributed by atoms with Crippen LogP contribution in [-0.4, -0.2) is 54.0 Å². The molecule has 29 heavy (non-hydrogen) atoms. The highest BCUT2D eigenvalue weighted by molar-refractivity contribution is 5.68. The molecule has 0 bridgehead atoms. The first-order valence-electron chi connectivity index (χ1n) is 10.8. The quantitative estimate of drug-likeness (QED) is 0.652. The number of rotatable bonds is 8. The molecule has 2 heterocycles. The number of ether oxygens (including phenoxy) is 1. The van der Waals surface area contributed by atoms with Crippen LogP contribution in [0.4, 0.5) is 10.6 Å². The maximum absolute atomic E-state index is 12.4. The third-order valence-electron chi connectivity index (χ3n) is 5.57. The van der Waals surface area contributed by atoms with Crippen molar-refractivity contribution in [1.82, 2.24) is 15.1 Å². The molecule has 1 aromatic carbocycles. The Kier molecular flexibility index (Phi) is 7.85. The summed E-state index contributed by atoms with van der Waals surface area (Å²) in [6.45, 7) is 7.65. The predicted octanol–water partition coefficient (Wildman–Crippen LogP) is 4.62. The molecule has 3 rings (SSSR count). The molecule has 0 saturated carbocycles. The van der Waals surface area contributed by atoms with Crippen LogP contribution in [0.5, 0.6) is 0 Å². The lowest BCUT2D eigenvalue weighted by Gasteiger charge is -2.34. The standard InChI is InChI=1S/C23H32N4O2/c1-3-5-9-19(4-2)18-29-23(28)27-16-14-26(15-17-27)22-13-12-21(24-25-22)20-10-7-6-8-11-20/h6-8,10-13,19H,3-5,9,14-18H2,1-2H3. The van der Waals surface area contributed by atoms with Crippen LogP contribution in [0.3, 0.4) is 0 Å². The van der Waals surface area contributed by atoms with Gasteiger partial charge in [0, 0.05) is 31.7 Å². The van der Waals surface area contributed by atoms with Crippen molar-refractivity contribution < 1.29 is 9.53 Å². The molecule has 0 N–H and O–H groups in total. The van der Waals surface area contributed by atoms with Gasteiger partial charge in [-0.25, -0.2) is 4.79 Å². The van der Waals surface area contributed by atoms with Crippen LogP contribution in [0.2, 0.25) is 0 Å². The molecule has 1 aliphatic rings. The fraction of sp³-hybridized carbons (Fsp3) is 0.522. The Labute approximate surface area is 173 Å². The lowest BCUT2D eigenvalue weighted by molar-refractivity contribution is 0.0830. The number of aromatic nitrogens is 2. The van der Waals surface area contributed by atoms with E-state index in [1.54, 1.807) is 4.90 Å². The van der Waals surface area contributed by atoms with Gasteiger partial charge < -0.3 is 14.5 Å². The van der Waals surface area contributed by atoms with Crippen LogP contribution in [0.25, 0.3) is 11.3 Å². The minimum atomic E-state index is -0.190. The summed E-state index contributed by atoms with van der Waals surface area (Å²) in [7, 11) is 0. The van der Waals surface area contributed by atoms with Crippen LogP contribution in [-0.2, 0) is 4.74 Å². The summed E-state index contributed by atoms with van der Waals surface area (Å²) in [5, 5.41) is 8.75. The number of hydrogen-bond donors (Lipinski definition) is 0. The number of carbonyl (C=O) groups is 1. The zero-order valence-corrected chi connectivity index (χ0v) is 17.6. The summed E-state index contributed by atoms with van der Waals surface area (Å²) in [6.07, 6.45) is 4.37. The van der Waals surface area contributed by atoms with E-state index in [2.05, 4.69) is 28.9 Å². The molecular formula is C23H32N4O2. The third-order valence-corrected chi connectivity index (χ3v) is 5.57. The molecule has 6 heteroatoms. The highest BCUT2D eigenvalue weighted by Crippen LogP contribution is 2.19. The SMILES string of the molecule is CCCCC(CC)COC(=O)N1CCN(c2ccc(-c3ccccc3)nn2)CC1. The molecular weight excluding hydrogens is 364 g/mol. The van der Waals surface area contributed by atoms with E-state index in [9.17, 15) is 4.79 Å². The van der Waals surface area contributed by atoms with Gasteiger partial charge in [-0.05, 0) is 24.5 Å². The molecule has 1 aliphatic heterocycles. The first kappa shape index (κ1) is 21.1. The van der Waals surface area contributed by atoms with Crippen molar-refractivity contribution >= 4 is 11.9 Å². The zero-order valence-electron chi connectivity index (χ0n) is 17.6. The van der Waals surface area contributed by atoms with Gasteiger partial charge in [-0.3, -0.25) is 0 Å². The molecule has 0 aliphatic carbocycles. The summed E-state index contributed by atoms with van der Waals surface area (Å²) in [5.74, 6) is 1.32. The molecule has 1 fully saturated rings. The summed E-state index contributed by atoms with van der Waals surface area (Å²) in [4.78, 5) is 16.4. The number of piperazine rings is 1. The van der Waals surface area contributed by atoms with Crippen molar-refractivity contribution in [1.29, 1.82) is 0 Å². The van der Waals surface area contributed by atoms with Gasteiger partial charge in [0.1, 0.15) is 0 Å². The Hall–Kier alpha value is -2.63. The summed E-state index contributed by atoms with van der Waals surface area (Å²) < 4.78 is 5.58. The number of carbonyl (C=O) groups excluding carboxylic acids is 1.